The van der Waals surface area contributed by atoms with E-state index in [9.17, 15) is 0 Å². The average Bonchev–Trinajstić information content (AvgIpc) is 2.49. The maximum atomic E-state index is 5.04. The number of nitrogens with one attached hydrogen (secondary N) is 1. The maximum Gasteiger partial charge on any atom is 0.133 e. The molecule has 1 heterocycles. The Morgan fingerprint density at radius 2 is 2.21 bits per heavy atom. The molecule has 80 valence electrons. The maximum absolute atomic E-state index is 5.04. The quantitative estimate of drug-likeness (QED) is 0.784. The lowest BCUT2D eigenvalue weighted by Crippen LogP contribution is -2.29. The van der Waals surface area contributed by atoms with Crippen molar-refractivity contribution in [2.75, 3.05) is 7.05 Å². The number of hydrogen-bond acceptors (Lipinski definition) is 3. The minimum absolute atomic E-state index is 0.500. The van der Waals surface area contributed by atoms with E-state index in [1.54, 1.807) is 0 Å². The van der Waals surface area contributed by atoms with Gasteiger partial charge in [-0.3, -0.25) is 0 Å². The number of hydrogen-bond donors (Lipinski definition) is 1. The monoisotopic (exact) mass is 196 g/mol. The highest BCUT2D eigenvalue weighted by Gasteiger charge is 2.11. The second kappa shape index (κ2) is 5.15. The number of rotatable bonds is 5. The Balaban J connectivity index is 2.48. The van der Waals surface area contributed by atoms with E-state index in [1.165, 1.54) is 6.42 Å². The fourth-order valence-corrected chi connectivity index (χ4v) is 1.64. The number of likely N-dealkylation sites (N-methyl/N-ethyl adjacent to an activating group) is 1. The predicted molar refractivity (Wildman–Crippen MR) is 57.2 cm³/mol. The third-order valence-electron chi connectivity index (χ3n) is 2.30. The summed E-state index contributed by atoms with van der Waals surface area (Å²) in [5.41, 5.74) is 1.04. The molecule has 0 aliphatic heterocycles. The Hall–Kier alpha value is -0.830. The second-order valence-electron chi connectivity index (χ2n) is 4.25. The van der Waals surface area contributed by atoms with Crippen molar-refractivity contribution < 1.29 is 4.52 Å². The van der Waals surface area contributed by atoms with Crippen LogP contribution in [0.25, 0.3) is 0 Å². The van der Waals surface area contributed by atoms with Gasteiger partial charge >= 0.3 is 0 Å². The van der Waals surface area contributed by atoms with E-state index < -0.39 is 0 Å². The van der Waals surface area contributed by atoms with Gasteiger partial charge in [-0.2, -0.15) is 0 Å². The summed E-state index contributed by atoms with van der Waals surface area (Å²) in [6.07, 6.45) is 2.12. The third kappa shape index (κ3) is 3.50. The van der Waals surface area contributed by atoms with Gasteiger partial charge in [0.1, 0.15) is 5.76 Å². The van der Waals surface area contributed by atoms with Gasteiger partial charge in [-0.25, -0.2) is 0 Å². The van der Waals surface area contributed by atoms with Crippen molar-refractivity contribution in [3.8, 4) is 0 Å². The molecule has 0 unspecified atom stereocenters. The molecule has 0 spiro atoms. The SMILES string of the molecule is CN[C@H](Cc1cc(C)on1)CC(C)C. The summed E-state index contributed by atoms with van der Waals surface area (Å²) in [6, 6.07) is 2.50. The van der Waals surface area contributed by atoms with Crippen molar-refractivity contribution in [1.82, 2.24) is 10.5 Å². The standard InChI is InChI=1S/C11H20N2O/c1-8(2)5-10(12-4)7-11-6-9(3)14-13-11/h6,8,10,12H,5,7H2,1-4H3/t10-/m0/s1. The van der Waals surface area contributed by atoms with Gasteiger partial charge in [0.05, 0.1) is 5.69 Å². The van der Waals surface area contributed by atoms with Crippen molar-refractivity contribution in [2.24, 2.45) is 5.92 Å². The van der Waals surface area contributed by atoms with Crippen molar-refractivity contribution in [1.29, 1.82) is 0 Å². The highest BCUT2D eigenvalue weighted by Crippen LogP contribution is 2.10. The van der Waals surface area contributed by atoms with Crippen LogP contribution in [0.2, 0.25) is 0 Å². The van der Waals surface area contributed by atoms with Crippen LogP contribution in [-0.2, 0) is 6.42 Å². The number of aromatic nitrogens is 1. The number of nitrogens with zero attached hydrogens (tertiary/aromatic N) is 1. The Morgan fingerprint density at radius 3 is 2.64 bits per heavy atom. The highest BCUT2D eigenvalue weighted by atomic mass is 16.5. The lowest BCUT2D eigenvalue weighted by molar-refractivity contribution is 0.379. The van der Waals surface area contributed by atoms with Crippen LogP contribution in [0.4, 0.5) is 0 Å². The van der Waals surface area contributed by atoms with Crippen molar-refractivity contribution in [3.63, 3.8) is 0 Å². The minimum atomic E-state index is 0.500. The first-order valence-corrected chi connectivity index (χ1v) is 5.21. The zero-order valence-electron chi connectivity index (χ0n) is 9.50. The molecule has 0 fully saturated rings. The van der Waals surface area contributed by atoms with Crippen LogP contribution in [-0.4, -0.2) is 18.2 Å². The zero-order chi connectivity index (χ0) is 10.6. The summed E-state index contributed by atoms with van der Waals surface area (Å²) < 4.78 is 5.04. The summed E-state index contributed by atoms with van der Waals surface area (Å²) in [7, 11) is 2.00. The summed E-state index contributed by atoms with van der Waals surface area (Å²) in [6.45, 7) is 6.39. The van der Waals surface area contributed by atoms with Crippen LogP contribution < -0.4 is 5.32 Å². The summed E-state index contributed by atoms with van der Waals surface area (Å²) >= 11 is 0. The van der Waals surface area contributed by atoms with E-state index in [0.717, 1.165) is 17.9 Å². The van der Waals surface area contributed by atoms with Crippen molar-refractivity contribution in [2.45, 2.75) is 39.7 Å². The van der Waals surface area contributed by atoms with E-state index in [0.29, 0.717) is 12.0 Å². The van der Waals surface area contributed by atoms with Crippen LogP contribution in [0.1, 0.15) is 31.7 Å². The van der Waals surface area contributed by atoms with Crippen molar-refractivity contribution in [3.05, 3.63) is 17.5 Å². The first kappa shape index (κ1) is 11.2. The van der Waals surface area contributed by atoms with E-state index in [1.807, 2.05) is 20.0 Å². The average molecular weight is 196 g/mol. The van der Waals surface area contributed by atoms with Gasteiger partial charge in [0.25, 0.3) is 0 Å². The lowest BCUT2D eigenvalue weighted by Gasteiger charge is -2.16. The van der Waals surface area contributed by atoms with Crippen LogP contribution in [0.3, 0.4) is 0 Å². The Kier molecular flexibility index (Phi) is 4.14. The van der Waals surface area contributed by atoms with Gasteiger partial charge in [-0.05, 0) is 26.3 Å². The smallest absolute Gasteiger partial charge is 0.133 e. The summed E-state index contributed by atoms with van der Waals surface area (Å²) in [5.74, 6) is 1.60. The summed E-state index contributed by atoms with van der Waals surface area (Å²) in [4.78, 5) is 0. The molecule has 1 aromatic heterocycles. The van der Waals surface area contributed by atoms with Gasteiger partial charge in [-0.15, -0.1) is 0 Å². The lowest BCUT2D eigenvalue weighted by atomic mass is 10.00. The topological polar surface area (TPSA) is 38.1 Å². The first-order chi connectivity index (χ1) is 6.61. The molecule has 0 amide bonds. The van der Waals surface area contributed by atoms with Gasteiger partial charge in [0, 0.05) is 18.5 Å². The number of aryl methyl sites for hydroxylation is 1. The molecule has 0 bridgehead atoms. The van der Waals surface area contributed by atoms with Crippen LogP contribution in [0, 0.1) is 12.8 Å². The second-order valence-corrected chi connectivity index (χ2v) is 4.25. The first-order valence-electron chi connectivity index (χ1n) is 5.21. The molecule has 0 saturated carbocycles. The molecule has 0 aliphatic carbocycles. The largest absolute Gasteiger partial charge is 0.361 e. The predicted octanol–water partition coefficient (Wildman–Crippen LogP) is 2.16. The molecule has 0 aliphatic rings. The summed E-state index contributed by atoms with van der Waals surface area (Å²) in [5, 5.41) is 7.31. The molecule has 14 heavy (non-hydrogen) atoms. The van der Waals surface area contributed by atoms with E-state index in [4.69, 9.17) is 4.52 Å². The molecule has 0 saturated heterocycles. The molecule has 0 radical (unpaired) electrons. The fraction of sp³-hybridized carbons (Fsp3) is 0.727. The Bertz CT molecular complexity index is 268. The van der Waals surface area contributed by atoms with Gasteiger partial charge in [0.15, 0.2) is 0 Å². The molecular weight excluding hydrogens is 176 g/mol. The fourth-order valence-electron chi connectivity index (χ4n) is 1.64. The van der Waals surface area contributed by atoms with Gasteiger partial charge in [-0.1, -0.05) is 19.0 Å². The minimum Gasteiger partial charge on any atom is -0.361 e. The highest BCUT2D eigenvalue weighted by molar-refractivity contribution is 5.05. The van der Waals surface area contributed by atoms with E-state index >= 15 is 0 Å². The normalized spacial score (nSPS) is 13.5. The van der Waals surface area contributed by atoms with Crippen LogP contribution in [0.5, 0.6) is 0 Å². The van der Waals surface area contributed by atoms with Gasteiger partial charge < -0.3 is 9.84 Å². The molecule has 3 heteroatoms. The molecule has 1 atom stereocenters. The Labute approximate surface area is 85.9 Å². The van der Waals surface area contributed by atoms with Crippen LogP contribution in [0.15, 0.2) is 10.6 Å². The zero-order valence-corrected chi connectivity index (χ0v) is 9.50. The molecule has 1 aromatic rings. The van der Waals surface area contributed by atoms with E-state index in [-0.39, 0.29) is 0 Å². The van der Waals surface area contributed by atoms with Gasteiger partial charge in [0.2, 0.25) is 0 Å². The van der Waals surface area contributed by atoms with Crippen molar-refractivity contribution >= 4 is 0 Å². The van der Waals surface area contributed by atoms with E-state index in [2.05, 4.69) is 24.3 Å². The molecule has 1 N–H and O–H groups in total. The molecular formula is C11H20N2O. The third-order valence-corrected chi connectivity index (χ3v) is 2.30. The molecule has 1 rings (SSSR count). The molecule has 3 nitrogen and oxygen atoms in total. The van der Waals surface area contributed by atoms with Crippen LogP contribution >= 0.6 is 0 Å². The Morgan fingerprint density at radius 1 is 1.50 bits per heavy atom. The molecule has 0 aromatic carbocycles.